The van der Waals surface area contributed by atoms with Gasteiger partial charge in [-0.1, -0.05) is 45.1 Å². The highest BCUT2D eigenvalue weighted by Gasteiger charge is 2.31. The number of hydrogen-bond acceptors (Lipinski definition) is 3. The summed E-state index contributed by atoms with van der Waals surface area (Å²) in [7, 11) is 1.95. The van der Waals surface area contributed by atoms with Crippen molar-refractivity contribution in [2.75, 3.05) is 11.9 Å². The SMILES string of the molecule is C=N/C=C(\C=C/C)C(C(=O)NC1CC1)N(C)c1ccc(C(C)(C)C)cc1. The second-order valence-corrected chi connectivity index (χ2v) is 7.90. The van der Waals surface area contributed by atoms with E-state index in [1.165, 1.54) is 5.56 Å². The van der Waals surface area contributed by atoms with Crippen molar-refractivity contribution in [3.63, 3.8) is 0 Å². The molecular formula is C22H31N3O. The average molecular weight is 354 g/mol. The van der Waals surface area contributed by atoms with Crippen LogP contribution in [0.15, 0.2) is 53.2 Å². The van der Waals surface area contributed by atoms with Crippen molar-refractivity contribution >= 4 is 18.3 Å². The topological polar surface area (TPSA) is 44.7 Å². The maximum atomic E-state index is 12.9. The Balaban J connectivity index is 2.34. The van der Waals surface area contributed by atoms with Crippen molar-refractivity contribution in [1.29, 1.82) is 0 Å². The van der Waals surface area contributed by atoms with Crippen molar-refractivity contribution in [1.82, 2.24) is 5.32 Å². The van der Waals surface area contributed by atoms with Gasteiger partial charge in [0.05, 0.1) is 0 Å². The fourth-order valence-electron chi connectivity index (χ4n) is 2.91. The number of nitrogens with one attached hydrogen (secondary N) is 1. The minimum Gasteiger partial charge on any atom is -0.359 e. The van der Waals surface area contributed by atoms with E-state index >= 15 is 0 Å². The lowest BCUT2D eigenvalue weighted by Crippen LogP contribution is -2.47. The predicted octanol–water partition coefficient (Wildman–Crippen LogP) is 4.23. The molecule has 1 aliphatic rings. The molecule has 0 spiro atoms. The summed E-state index contributed by atoms with van der Waals surface area (Å²) in [5.41, 5.74) is 3.19. The first-order valence-electron chi connectivity index (χ1n) is 9.20. The summed E-state index contributed by atoms with van der Waals surface area (Å²) in [6, 6.07) is 8.28. The Morgan fingerprint density at radius 2 is 1.92 bits per heavy atom. The van der Waals surface area contributed by atoms with Gasteiger partial charge in [-0.2, -0.15) is 0 Å². The number of carbonyl (C=O) groups excluding carboxylic acids is 1. The molecule has 1 atom stereocenters. The molecule has 0 aliphatic heterocycles. The number of hydrogen-bond donors (Lipinski definition) is 1. The Bertz CT molecular complexity index is 691. The quantitative estimate of drug-likeness (QED) is 0.589. The Labute approximate surface area is 157 Å². The molecule has 1 saturated carbocycles. The first kappa shape index (κ1) is 20.0. The van der Waals surface area contributed by atoms with Crippen LogP contribution < -0.4 is 10.2 Å². The van der Waals surface area contributed by atoms with Gasteiger partial charge in [0.2, 0.25) is 5.91 Å². The van der Waals surface area contributed by atoms with Crippen LogP contribution in [-0.4, -0.2) is 31.8 Å². The number of aliphatic imine (C=N–C) groups is 1. The third kappa shape index (κ3) is 5.07. The standard InChI is InChI=1S/C22H31N3O/c1-7-8-16(15-23-5)20(21(26)24-18-11-12-18)25(6)19-13-9-17(10-14-19)22(2,3)4/h7-10,13-15,18,20H,5,11-12H2,1-4,6H3,(H,24,26)/b8-7-,16-15+. The lowest BCUT2D eigenvalue weighted by atomic mass is 9.87. The maximum Gasteiger partial charge on any atom is 0.247 e. The molecule has 0 radical (unpaired) electrons. The van der Waals surface area contributed by atoms with E-state index in [-0.39, 0.29) is 11.3 Å². The predicted molar refractivity (Wildman–Crippen MR) is 111 cm³/mol. The van der Waals surface area contributed by atoms with Crippen molar-refractivity contribution in [2.24, 2.45) is 4.99 Å². The van der Waals surface area contributed by atoms with Crippen molar-refractivity contribution in [3.05, 3.63) is 53.8 Å². The third-order valence-corrected chi connectivity index (χ3v) is 4.62. The number of allylic oxidation sites excluding steroid dienone is 1. The second kappa shape index (κ2) is 8.35. The molecule has 1 aromatic carbocycles. The molecule has 4 nitrogen and oxygen atoms in total. The molecule has 1 aromatic rings. The van der Waals surface area contributed by atoms with Gasteiger partial charge in [-0.3, -0.25) is 9.79 Å². The van der Waals surface area contributed by atoms with E-state index in [1.54, 1.807) is 6.20 Å². The van der Waals surface area contributed by atoms with E-state index in [9.17, 15) is 4.79 Å². The van der Waals surface area contributed by atoms with Gasteiger partial charge in [0.15, 0.2) is 0 Å². The molecule has 0 heterocycles. The Hall–Kier alpha value is -2.36. The Morgan fingerprint density at radius 3 is 2.38 bits per heavy atom. The fourth-order valence-corrected chi connectivity index (χ4v) is 2.91. The molecule has 4 heteroatoms. The zero-order valence-corrected chi connectivity index (χ0v) is 16.6. The van der Waals surface area contributed by atoms with E-state index in [1.807, 2.05) is 31.0 Å². The van der Waals surface area contributed by atoms with Gasteiger partial charge in [0.1, 0.15) is 6.04 Å². The largest absolute Gasteiger partial charge is 0.359 e. The second-order valence-electron chi connectivity index (χ2n) is 7.90. The summed E-state index contributed by atoms with van der Waals surface area (Å²) < 4.78 is 0. The maximum absolute atomic E-state index is 12.9. The van der Waals surface area contributed by atoms with Crippen molar-refractivity contribution < 1.29 is 4.79 Å². The summed E-state index contributed by atoms with van der Waals surface area (Å²) in [4.78, 5) is 18.8. The first-order valence-corrected chi connectivity index (χ1v) is 9.20. The van der Waals surface area contributed by atoms with Crippen molar-refractivity contribution in [2.45, 2.75) is 58.0 Å². The van der Waals surface area contributed by atoms with E-state index in [2.05, 4.69) is 62.1 Å². The zero-order chi connectivity index (χ0) is 19.3. The number of benzene rings is 1. The van der Waals surface area contributed by atoms with Gasteiger partial charge in [0, 0.05) is 30.5 Å². The van der Waals surface area contributed by atoms with Crippen LogP contribution in [0.4, 0.5) is 5.69 Å². The van der Waals surface area contributed by atoms with Gasteiger partial charge in [0.25, 0.3) is 0 Å². The molecule has 1 aliphatic carbocycles. The number of likely N-dealkylation sites (N-methyl/N-ethyl adjacent to an activating group) is 1. The van der Waals surface area contributed by atoms with Crippen LogP contribution in [0.1, 0.15) is 46.1 Å². The van der Waals surface area contributed by atoms with Crippen LogP contribution in [0.3, 0.4) is 0 Å². The van der Waals surface area contributed by atoms with Crippen LogP contribution in [0.5, 0.6) is 0 Å². The number of carbonyl (C=O) groups is 1. The zero-order valence-electron chi connectivity index (χ0n) is 16.6. The number of rotatable bonds is 7. The van der Waals surface area contributed by atoms with Crippen LogP contribution in [0.2, 0.25) is 0 Å². The normalized spacial score (nSPS) is 16.4. The minimum atomic E-state index is -0.446. The summed E-state index contributed by atoms with van der Waals surface area (Å²) >= 11 is 0. The monoisotopic (exact) mass is 353 g/mol. The molecular weight excluding hydrogens is 322 g/mol. The van der Waals surface area contributed by atoms with Gasteiger partial charge >= 0.3 is 0 Å². The molecule has 1 N–H and O–H groups in total. The highest BCUT2D eigenvalue weighted by molar-refractivity contribution is 5.89. The summed E-state index contributed by atoms with van der Waals surface area (Å²) in [6.07, 6.45) is 7.63. The smallest absolute Gasteiger partial charge is 0.247 e. The lowest BCUT2D eigenvalue weighted by molar-refractivity contribution is -0.121. The minimum absolute atomic E-state index is 0.00268. The summed E-state index contributed by atoms with van der Waals surface area (Å²) in [5, 5.41) is 3.12. The molecule has 0 bridgehead atoms. The van der Waals surface area contributed by atoms with Crippen molar-refractivity contribution in [3.8, 4) is 0 Å². The summed E-state index contributed by atoms with van der Waals surface area (Å²) in [5.74, 6) is 0.00268. The average Bonchev–Trinajstić information content (AvgIpc) is 3.38. The highest BCUT2D eigenvalue weighted by atomic mass is 16.2. The molecule has 140 valence electrons. The Morgan fingerprint density at radius 1 is 1.31 bits per heavy atom. The van der Waals surface area contributed by atoms with E-state index in [0.29, 0.717) is 6.04 Å². The van der Waals surface area contributed by atoms with Crippen LogP contribution in [0.25, 0.3) is 0 Å². The molecule has 1 amide bonds. The number of anilines is 1. The van der Waals surface area contributed by atoms with Gasteiger partial charge in [-0.25, -0.2) is 0 Å². The molecule has 0 saturated heterocycles. The Kier molecular flexibility index (Phi) is 6.41. The van der Waals surface area contributed by atoms with Crippen LogP contribution in [-0.2, 0) is 10.2 Å². The molecule has 0 aromatic heterocycles. The molecule has 26 heavy (non-hydrogen) atoms. The molecule has 2 rings (SSSR count). The van der Waals surface area contributed by atoms with Gasteiger partial charge in [-0.05, 0) is 49.6 Å². The number of amides is 1. The molecule has 1 fully saturated rings. The summed E-state index contributed by atoms with van der Waals surface area (Å²) in [6.45, 7) is 12.1. The number of nitrogens with zero attached hydrogens (tertiary/aromatic N) is 2. The third-order valence-electron chi connectivity index (χ3n) is 4.62. The highest BCUT2D eigenvalue weighted by Crippen LogP contribution is 2.27. The molecule has 1 unspecified atom stereocenters. The van der Waals surface area contributed by atoms with Crippen LogP contribution >= 0.6 is 0 Å². The lowest BCUT2D eigenvalue weighted by Gasteiger charge is -2.30. The van der Waals surface area contributed by atoms with Gasteiger partial charge < -0.3 is 10.2 Å². The fraction of sp³-hybridized carbons (Fsp3) is 0.455. The van der Waals surface area contributed by atoms with E-state index in [0.717, 1.165) is 24.1 Å². The van der Waals surface area contributed by atoms with Crippen LogP contribution in [0, 0.1) is 0 Å². The van der Waals surface area contributed by atoms with E-state index in [4.69, 9.17) is 0 Å². The van der Waals surface area contributed by atoms with E-state index < -0.39 is 6.04 Å². The van der Waals surface area contributed by atoms with Gasteiger partial charge in [-0.15, -0.1) is 0 Å². The first-order chi connectivity index (χ1) is 12.3.